The predicted octanol–water partition coefficient (Wildman–Crippen LogP) is 3.53. The Labute approximate surface area is 138 Å². The number of hydrogen-bond donors (Lipinski definition) is 2. The molecule has 0 amide bonds. The topological polar surface area (TPSA) is 51.1 Å². The molecule has 23 heavy (non-hydrogen) atoms. The van der Waals surface area contributed by atoms with Crippen LogP contribution < -0.4 is 15.4 Å². The molecule has 0 saturated carbocycles. The number of nitrogens with one attached hydrogen (secondary N) is 2. The fourth-order valence-corrected chi connectivity index (χ4v) is 2.59. The highest BCUT2D eigenvalue weighted by molar-refractivity contribution is 7.80. The summed E-state index contributed by atoms with van der Waals surface area (Å²) in [4.78, 5) is 4.30. The summed E-state index contributed by atoms with van der Waals surface area (Å²) in [6, 6.07) is 9.92. The third-order valence-electron chi connectivity index (χ3n) is 3.40. The van der Waals surface area contributed by atoms with Gasteiger partial charge in [0.05, 0.1) is 35.8 Å². The molecule has 0 atom stereocenters. The maximum atomic E-state index is 13.4. The van der Waals surface area contributed by atoms with Crippen molar-refractivity contribution in [2.24, 2.45) is 7.05 Å². The smallest absolute Gasteiger partial charge is 0.175 e. The number of methoxy groups -OCH3 is 1. The van der Waals surface area contributed by atoms with Crippen LogP contribution in [0.4, 0.5) is 15.8 Å². The normalized spacial score (nSPS) is 10.6. The summed E-state index contributed by atoms with van der Waals surface area (Å²) in [5.41, 5.74) is 3.07. The number of anilines is 2. The van der Waals surface area contributed by atoms with E-state index in [1.54, 1.807) is 12.4 Å². The maximum absolute atomic E-state index is 13.4. The Hall–Kier alpha value is -2.67. The molecule has 7 heteroatoms. The standard InChI is InChI=1S/C16H15FN4OS/c1-21-9-18-11-4-3-5-12(15(11)21)19-16(23)20-13-8-10(17)6-7-14(13)22-2/h3-9H,1-2H3,(H2,19,20,23). The molecule has 0 aliphatic heterocycles. The molecule has 0 bridgehead atoms. The highest BCUT2D eigenvalue weighted by Gasteiger charge is 2.10. The maximum Gasteiger partial charge on any atom is 0.175 e. The number of aryl methyl sites for hydroxylation is 1. The quantitative estimate of drug-likeness (QED) is 0.720. The first kappa shape index (κ1) is 15.2. The second-order valence-corrected chi connectivity index (χ2v) is 5.36. The Bertz CT molecular complexity index is 878. The molecule has 0 radical (unpaired) electrons. The summed E-state index contributed by atoms with van der Waals surface area (Å²) in [5.74, 6) is 0.138. The summed E-state index contributed by atoms with van der Waals surface area (Å²) in [7, 11) is 3.43. The number of halogens is 1. The van der Waals surface area contributed by atoms with Crippen molar-refractivity contribution >= 4 is 39.7 Å². The van der Waals surface area contributed by atoms with Crippen LogP contribution in [0.2, 0.25) is 0 Å². The van der Waals surface area contributed by atoms with Gasteiger partial charge in [-0.05, 0) is 36.5 Å². The predicted molar refractivity (Wildman–Crippen MR) is 93.5 cm³/mol. The van der Waals surface area contributed by atoms with E-state index in [2.05, 4.69) is 15.6 Å². The van der Waals surface area contributed by atoms with Crippen molar-refractivity contribution in [2.45, 2.75) is 0 Å². The van der Waals surface area contributed by atoms with Gasteiger partial charge in [-0.3, -0.25) is 0 Å². The summed E-state index contributed by atoms with van der Waals surface area (Å²) in [5, 5.41) is 6.40. The van der Waals surface area contributed by atoms with Crippen molar-refractivity contribution < 1.29 is 9.13 Å². The van der Waals surface area contributed by atoms with Crippen LogP contribution in [0.5, 0.6) is 5.75 Å². The van der Waals surface area contributed by atoms with Gasteiger partial charge in [-0.1, -0.05) is 6.07 Å². The average Bonchev–Trinajstić information content (AvgIpc) is 2.90. The van der Waals surface area contributed by atoms with E-state index in [0.29, 0.717) is 16.5 Å². The highest BCUT2D eigenvalue weighted by atomic mass is 32.1. The number of para-hydroxylation sites is 1. The fraction of sp³-hybridized carbons (Fsp3) is 0.125. The molecular formula is C16H15FN4OS. The Morgan fingerprint density at radius 3 is 2.78 bits per heavy atom. The minimum absolute atomic E-state index is 0.336. The Morgan fingerprint density at radius 2 is 2.00 bits per heavy atom. The largest absolute Gasteiger partial charge is 0.495 e. The number of ether oxygens (including phenoxy) is 1. The van der Waals surface area contributed by atoms with Crippen LogP contribution in [-0.2, 0) is 7.05 Å². The third kappa shape index (κ3) is 3.09. The molecule has 3 rings (SSSR count). The minimum atomic E-state index is -0.371. The Balaban J connectivity index is 1.84. The van der Waals surface area contributed by atoms with Gasteiger partial charge >= 0.3 is 0 Å². The van der Waals surface area contributed by atoms with Gasteiger partial charge in [0.2, 0.25) is 0 Å². The SMILES string of the molecule is COc1ccc(F)cc1NC(=S)Nc1cccc2ncn(C)c12. The molecule has 0 unspecified atom stereocenters. The van der Waals surface area contributed by atoms with E-state index < -0.39 is 0 Å². The van der Waals surface area contributed by atoms with E-state index in [1.807, 2.05) is 29.8 Å². The molecule has 2 aromatic carbocycles. The van der Waals surface area contributed by atoms with Gasteiger partial charge in [-0.25, -0.2) is 9.37 Å². The van der Waals surface area contributed by atoms with Gasteiger partial charge in [0.15, 0.2) is 5.11 Å². The molecule has 0 aliphatic carbocycles. The average molecular weight is 330 g/mol. The van der Waals surface area contributed by atoms with Crippen LogP contribution in [0.1, 0.15) is 0 Å². The number of benzene rings is 2. The summed E-state index contributed by atoms with van der Waals surface area (Å²) < 4.78 is 20.5. The van der Waals surface area contributed by atoms with Gasteiger partial charge in [-0.15, -0.1) is 0 Å². The number of imidazole rings is 1. The van der Waals surface area contributed by atoms with Gasteiger partial charge in [0, 0.05) is 13.1 Å². The summed E-state index contributed by atoms with van der Waals surface area (Å²) in [6.45, 7) is 0. The molecule has 3 aromatic rings. The molecule has 0 fully saturated rings. The molecule has 0 saturated heterocycles. The van der Waals surface area contributed by atoms with E-state index in [-0.39, 0.29) is 5.82 Å². The van der Waals surface area contributed by atoms with E-state index in [0.717, 1.165) is 16.7 Å². The second-order valence-electron chi connectivity index (χ2n) is 4.95. The summed E-state index contributed by atoms with van der Waals surface area (Å²) >= 11 is 5.32. The molecule has 0 spiro atoms. The number of nitrogens with zero attached hydrogens (tertiary/aromatic N) is 2. The van der Waals surface area contributed by atoms with Crippen LogP contribution in [0.15, 0.2) is 42.7 Å². The number of thiocarbonyl (C=S) groups is 1. The number of hydrogen-bond acceptors (Lipinski definition) is 3. The zero-order chi connectivity index (χ0) is 16.4. The van der Waals surface area contributed by atoms with Gasteiger partial charge in [-0.2, -0.15) is 0 Å². The van der Waals surface area contributed by atoms with Gasteiger partial charge < -0.3 is 19.9 Å². The molecular weight excluding hydrogens is 315 g/mol. The monoisotopic (exact) mass is 330 g/mol. The van der Waals surface area contributed by atoms with E-state index in [9.17, 15) is 4.39 Å². The first-order valence-corrected chi connectivity index (χ1v) is 7.31. The second kappa shape index (κ2) is 6.21. The first-order valence-electron chi connectivity index (χ1n) is 6.90. The lowest BCUT2D eigenvalue weighted by atomic mass is 10.2. The van der Waals surface area contributed by atoms with Crippen molar-refractivity contribution in [1.82, 2.24) is 9.55 Å². The Kier molecular flexibility index (Phi) is 4.12. The molecule has 1 heterocycles. The fourth-order valence-electron chi connectivity index (χ4n) is 2.37. The summed E-state index contributed by atoms with van der Waals surface area (Å²) in [6.07, 6.45) is 1.74. The third-order valence-corrected chi connectivity index (χ3v) is 3.60. The molecule has 5 nitrogen and oxygen atoms in total. The Morgan fingerprint density at radius 1 is 1.22 bits per heavy atom. The van der Waals surface area contributed by atoms with Crippen LogP contribution in [0, 0.1) is 5.82 Å². The molecule has 2 N–H and O–H groups in total. The van der Waals surface area contributed by atoms with E-state index in [1.165, 1.54) is 19.2 Å². The number of rotatable bonds is 3. The number of fused-ring (bicyclic) bond motifs is 1. The lowest BCUT2D eigenvalue weighted by Crippen LogP contribution is -2.20. The van der Waals surface area contributed by atoms with Crippen molar-refractivity contribution in [3.05, 3.63) is 48.5 Å². The van der Waals surface area contributed by atoms with Crippen LogP contribution in [-0.4, -0.2) is 21.8 Å². The van der Waals surface area contributed by atoms with Crippen LogP contribution in [0.25, 0.3) is 11.0 Å². The lowest BCUT2D eigenvalue weighted by Gasteiger charge is -2.14. The zero-order valence-electron chi connectivity index (χ0n) is 12.6. The van der Waals surface area contributed by atoms with Crippen molar-refractivity contribution in [2.75, 3.05) is 17.7 Å². The van der Waals surface area contributed by atoms with Crippen molar-refractivity contribution in [3.8, 4) is 5.75 Å². The molecule has 0 aliphatic rings. The number of aromatic nitrogens is 2. The molecule has 118 valence electrons. The van der Waals surface area contributed by atoms with Crippen molar-refractivity contribution in [1.29, 1.82) is 0 Å². The highest BCUT2D eigenvalue weighted by Crippen LogP contribution is 2.26. The van der Waals surface area contributed by atoms with Crippen LogP contribution >= 0.6 is 12.2 Å². The van der Waals surface area contributed by atoms with E-state index in [4.69, 9.17) is 17.0 Å². The van der Waals surface area contributed by atoms with Gasteiger partial charge in [0.25, 0.3) is 0 Å². The van der Waals surface area contributed by atoms with Crippen molar-refractivity contribution in [3.63, 3.8) is 0 Å². The molecule has 1 aromatic heterocycles. The lowest BCUT2D eigenvalue weighted by molar-refractivity contribution is 0.416. The van der Waals surface area contributed by atoms with Crippen LogP contribution in [0.3, 0.4) is 0 Å². The first-order chi connectivity index (χ1) is 11.1. The van der Waals surface area contributed by atoms with E-state index >= 15 is 0 Å². The zero-order valence-corrected chi connectivity index (χ0v) is 13.4. The minimum Gasteiger partial charge on any atom is -0.495 e. The van der Waals surface area contributed by atoms with Gasteiger partial charge in [0.1, 0.15) is 11.6 Å².